The maximum absolute atomic E-state index is 5.98. The van der Waals surface area contributed by atoms with E-state index in [4.69, 9.17) is 4.74 Å². The summed E-state index contributed by atoms with van der Waals surface area (Å²) in [7, 11) is 0. The van der Waals surface area contributed by atoms with Gasteiger partial charge in [-0.2, -0.15) is 0 Å². The molecule has 3 heteroatoms. The Balaban J connectivity index is 1.58. The highest BCUT2D eigenvalue weighted by atomic mass is 79.9. The van der Waals surface area contributed by atoms with Gasteiger partial charge in [0.2, 0.25) is 0 Å². The van der Waals surface area contributed by atoms with Gasteiger partial charge in [0.25, 0.3) is 0 Å². The smallest absolute Gasteiger partial charge is 0.123 e. The van der Waals surface area contributed by atoms with Gasteiger partial charge in [0.05, 0.1) is 0 Å². The highest BCUT2D eigenvalue weighted by Gasteiger charge is 2.30. The number of halogens is 1. The summed E-state index contributed by atoms with van der Waals surface area (Å²) in [5.41, 5.74) is 1.67. The van der Waals surface area contributed by atoms with E-state index in [1.54, 1.807) is 0 Å². The van der Waals surface area contributed by atoms with Crippen molar-refractivity contribution in [3.63, 3.8) is 0 Å². The number of hydrogen-bond acceptors (Lipinski definition) is 2. The maximum atomic E-state index is 5.98. The zero-order chi connectivity index (χ0) is 12.6. The van der Waals surface area contributed by atoms with Crippen LogP contribution in [0.25, 0.3) is 0 Å². The van der Waals surface area contributed by atoms with Crippen LogP contribution in [-0.4, -0.2) is 18.2 Å². The number of fused-ring (bicyclic) bond motifs is 1. The van der Waals surface area contributed by atoms with Crippen molar-refractivity contribution in [2.24, 2.45) is 0 Å². The van der Waals surface area contributed by atoms with Gasteiger partial charge >= 0.3 is 0 Å². The predicted octanol–water partition coefficient (Wildman–Crippen LogP) is 3.67. The van der Waals surface area contributed by atoms with Gasteiger partial charge in [0.1, 0.15) is 11.9 Å². The third-order valence-electron chi connectivity index (χ3n) is 4.23. The second-order valence-electron chi connectivity index (χ2n) is 5.84. The van der Waals surface area contributed by atoms with Crippen LogP contribution in [0.2, 0.25) is 0 Å². The normalized spacial score (nSPS) is 24.9. The topological polar surface area (TPSA) is 21.3 Å². The quantitative estimate of drug-likeness (QED) is 0.919. The monoisotopic (exact) mass is 309 g/mol. The van der Waals surface area contributed by atoms with Crippen LogP contribution >= 0.6 is 15.9 Å². The number of hydrogen-bond donors (Lipinski definition) is 1. The van der Waals surface area contributed by atoms with Crippen LogP contribution in [0.15, 0.2) is 22.7 Å². The van der Waals surface area contributed by atoms with Crippen LogP contribution in [0.4, 0.5) is 0 Å². The third kappa shape index (κ3) is 2.57. The fourth-order valence-electron chi connectivity index (χ4n) is 3.10. The average Bonchev–Trinajstić information content (AvgIpc) is 2.93. The van der Waals surface area contributed by atoms with Crippen molar-refractivity contribution in [2.75, 3.05) is 6.54 Å². The number of ether oxygens (including phenoxy) is 1. The van der Waals surface area contributed by atoms with E-state index in [0.29, 0.717) is 11.6 Å². The van der Waals surface area contributed by atoms with Gasteiger partial charge in [-0.1, -0.05) is 28.8 Å². The molecule has 2 aliphatic rings. The molecular weight excluding hydrogens is 290 g/mol. The van der Waals surface area contributed by atoms with E-state index >= 15 is 0 Å². The molecular formula is C15H20BrNO. The standard InChI is InChI=1S/C15H20BrNO/c1-15(6-2-3-7-15)17-10-13-9-11-8-12(16)4-5-14(11)18-13/h4-5,8,13,17H,2-3,6-7,9-10H2,1H3. The summed E-state index contributed by atoms with van der Waals surface area (Å²) in [5.74, 6) is 1.06. The summed E-state index contributed by atoms with van der Waals surface area (Å²) < 4.78 is 7.12. The molecule has 1 N–H and O–H groups in total. The van der Waals surface area contributed by atoms with Crippen LogP contribution in [0.5, 0.6) is 5.75 Å². The molecule has 1 saturated carbocycles. The van der Waals surface area contributed by atoms with E-state index in [2.05, 4.69) is 40.3 Å². The highest BCUT2D eigenvalue weighted by molar-refractivity contribution is 9.10. The van der Waals surface area contributed by atoms with Gasteiger partial charge in [-0.05, 0) is 43.5 Å². The minimum Gasteiger partial charge on any atom is -0.488 e. The Hall–Kier alpha value is -0.540. The number of rotatable bonds is 3. The molecule has 1 atom stereocenters. The lowest BCUT2D eigenvalue weighted by atomic mass is 10.00. The van der Waals surface area contributed by atoms with Crippen molar-refractivity contribution in [2.45, 2.75) is 50.7 Å². The Labute approximate surface area is 117 Å². The second-order valence-corrected chi connectivity index (χ2v) is 6.76. The molecule has 0 aromatic heterocycles. The zero-order valence-corrected chi connectivity index (χ0v) is 12.4. The van der Waals surface area contributed by atoms with E-state index in [1.807, 2.05) is 6.07 Å². The van der Waals surface area contributed by atoms with Crippen molar-refractivity contribution >= 4 is 15.9 Å². The van der Waals surface area contributed by atoms with Crippen molar-refractivity contribution in [1.82, 2.24) is 5.32 Å². The summed E-state index contributed by atoms with van der Waals surface area (Å²) in [6.07, 6.45) is 6.66. The molecule has 1 heterocycles. The lowest BCUT2D eigenvalue weighted by molar-refractivity contribution is 0.205. The number of benzene rings is 1. The SMILES string of the molecule is CC1(NCC2Cc3cc(Br)ccc3O2)CCCC1. The van der Waals surface area contributed by atoms with E-state index < -0.39 is 0 Å². The molecule has 1 aromatic rings. The van der Waals surface area contributed by atoms with Gasteiger partial charge in [-0.15, -0.1) is 0 Å². The largest absolute Gasteiger partial charge is 0.488 e. The minimum absolute atomic E-state index is 0.298. The first kappa shape index (κ1) is 12.5. The van der Waals surface area contributed by atoms with Crippen LogP contribution in [0.3, 0.4) is 0 Å². The molecule has 1 unspecified atom stereocenters. The van der Waals surface area contributed by atoms with E-state index in [0.717, 1.165) is 23.2 Å². The molecule has 0 radical (unpaired) electrons. The first-order valence-electron chi connectivity index (χ1n) is 6.85. The third-order valence-corrected chi connectivity index (χ3v) is 4.72. The van der Waals surface area contributed by atoms with E-state index in [1.165, 1.54) is 31.2 Å². The Kier molecular flexibility index (Phi) is 3.37. The molecule has 0 bridgehead atoms. The summed E-state index contributed by atoms with van der Waals surface area (Å²) in [6.45, 7) is 3.31. The van der Waals surface area contributed by atoms with Gasteiger partial charge in [-0.25, -0.2) is 0 Å². The predicted molar refractivity (Wildman–Crippen MR) is 77.1 cm³/mol. The molecule has 1 aromatic carbocycles. The number of nitrogens with one attached hydrogen (secondary N) is 1. The average molecular weight is 310 g/mol. The molecule has 1 fully saturated rings. The Morgan fingerprint density at radius 2 is 2.17 bits per heavy atom. The van der Waals surface area contributed by atoms with Crippen molar-refractivity contribution in [3.8, 4) is 5.75 Å². The molecule has 1 aliphatic carbocycles. The van der Waals surface area contributed by atoms with Gasteiger partial charge in [0.15, 0.2) is 0 Å². The molecule has 18 heavy (non-hydrogen) atoms. The van der Waals surface area contributed by atoms with Crippen molar-refractivity contribution < 1.29 is 4.74 Å². The maximum Gasteiger partial charge on any atom is 0.123 e. The minimum atomic E-state index is 0.298. The molecule has 1 aliphatic heterocycles. The lowest BCUT2D eigenvalue weighted by Crippen LogP contribution is -2.44. The first-order valence-corrected chi connectivity index (χ1v) is 7.64. The molecule has 0 amide bonds. The summed E-state index contributed by atoms with van der Waals surface area (Å²) in [6, 6.07) is 6.29. The highest BCUT2D eigenvalue weighted by Crippen LogP contribution is 2.32. The molecule has 0 spiro atoms. The van der Waals surface area contributed by atoms with E-state index in [9.17, 15) is 0 Å². The Morgan fingerprint density at radius 1 is 1.39 bits per heavy atom. The van der Waals surface area contributed by atoms with Crippen LogP contribution in [0, 0.1) is 0 Å². The molecule has 2 nitrogen and oxygen atoms in total. The Bertz CT molecular complexity index is 440. The summed E-state index contributed by atoms with van der Waals surface area (Å²) in [5, 5.41) is 3.71. The van der Waals surface area contributed by atoms with E-state index in [-0.39, 0.29) is 0 Å². The van der Waals surface area contributed by atoms with Crippen LogP contribution in [0.1, 0.15) is 38.2 Å². The van der Waals surface area contributed by atoms with Crippen molar-refractivity contribution in [3.05, 3.63) is 28.2 Å². The molecule has 98 valence electrons. The first-order chi connectivity index (χ1) is 8.65. The second kappa shape index (κ2) is 4.86. The van der Waals surface area contributed by atoms with Crippen LogP contribution < -0.4 is 10.1 Å². The molecule has 0 saturated heterocycles. The zero-order valence-electron chi connectivity index (χ0n) is 10.8. The summed E-state index contributed by atoms with van der Waals surface area (Å²) >= 11 is 3.52. The van der Waals surface area contributed by atoms with Crippen LogP contribution in [-0.2, 0) is 6.42 Å². The fourth-order valence-corrected chi connectivity index (χ4v) is 3.50. The van der Waals surface area contributed by atoms with Crippen molar-refractivity contribution in [1.29, 1.82) is 0 Å². The summed E-state index contributed by atoms with van der Waals surface area (Å²) in [4.78, 5) is 0. The fraction of sp³-hybridized carbons (Fsp3) is 0.600. The van der Waals surface area contributed by atoms with Gasteiger partial charge < -0.3 is 10.1 Å². The van der Waals surface area contributed by atoms with Gasteiger partial charge in [0, 0.05) is 23.0 Å². The molecule has 3 rings (SSSR count). The van der Waals surface area contributed by atoms with Gasteiger partial charge in [-0.3, -0.25) is 0 Å². The lowest BCUT2D eigenvalue weighted by Gasteiger charge is -2.27. The Morgan fingerprint density at radius 3 is 2.94 bits per heavy atom.